The molecule has 2 aromatic rings. The Balaban J connectivity index is 2.04. The highest BCUT2D eigenvalue weighted by Gasteiger charge is 2.26. The van der Waals surface area contributed by atoms with Crippen LogP contribution in [0, 0.1) is 5.92 Å². The molecule has 1 aromatic carbocycles. The number of rotatable bonds is 7. The molecule has 1 amide bonds. The third-order valence-electron chi connectivity index (χ3n) is 3.75. The van der Waals surface area contributed by atoms with E-state index >= 15 is 0 Å². The number of aromatic nitrogens is 1. The van der Waals surface area contributed by atoms with E-state index in [4.69, 9.17) is 0 Å². The average Bonchev–Trinajstić information content (AvgIpc) is 3.01. The number of hydrogen-bond acceptors (Lipinski definition) is 4. The first kappa shape index (κ1) is 17.1. The van der Waals surface area contributed by atoms with Gasteiger partial charge in [-0.3, -0.25) is 4.79 Å². The van der Waals surface area contributed by atoms with E-state index in [-0.39, 0.29) is 11.6 Å². The van der Waals surface area contributed by atoms with Crippen LogP contribution in [0.15, 0.2) is 35.7 Å². The number of aliphatic carboxylic acids is 1. The predicted octanol–water partition coefficient (Wildman–Crippen LogP) is 2.96. The molecule has 23 heavy (non-hydrogen) atoms. The van der Waals surface area contributed by atoms with Gasteiger partial charge in [-0.1, -0.05) is 50.6 Å². The number of thiazole rings is 1. The minimum absolute atomic E-state index is 0.140. The van der Waals surface area contributed by atoms with Crippen LogP contribution in [0.1, 0.15) is 41.3 Å². The fourth-order valence-corrected chi connectivity index (χ4v) is 2.97. The molecule has 0 fully saturated rings. The highest BCUT2D eigenvalue weighted by molar-refractivity contribution is 7.09. The molecule has 2 atom stereocenters. The lowest BCUT2D eigenvalue weighted by molar-refractivity contribution is -0.140. The molecule has 0 bridgehead atoms. The summed E-state index contributed by atoms with van der Waals surface area (Å²) in [6.07, 6.45) is 1.33. The Morgan fingerprint density at radius 2 is 2.00 bits per heavy atom. The summed E-state index contributed by atoms with van der Waals surface area (Å²) in [5.74, 6) is -1.60. The number of nitrogens with zero attached hydrogens (tertiary/aromatic N) is 1. The molecule has 2 unspecified atom stereocenters. The van der Waals surface area contributed by atoms with Gasteiger partial charge < -0.3 is 10.4 Å². The van der Waals surface area contributed by atoms with Crippen molar-refractivity contribution in [1.82, 2.24) is 10.3 Å². The molecule has 0 aliphatic heterocycles. The largest absolute Gasteiger partial charge is 0.480 e. The van der Waals surface area contributed by atoms with E-state index in [0.29, 0.717) is 12.8 Å². The molecule has 2 rings (SSSR count). The Labute approximate surface area is 139 Å². The summed E-state index contributed by atoms with van der Waals surface area (Å²) in [5, 5.41) is 14.3. The van der Waals surface area contributed by atoms with E-state index in [9.17, 15) is 14.7 Å². The van der Waals surface area contributed by atoms with Crippen molar-refractivity contribution >= 4 is 23.2 Å². The van der Waals surface area contributed by atoms with Crippen molar-refractivity contribution in [2.75, 3.05) is 0 Å². The first-order chi connectivity index (χ1) is 11.0. The van der Waals surface area contributed by atoms with Crippen molar-refractivity contribution in [1.29, 1.82) is 0 Å². The lowest BCUT2D eigenvalue weighted by Gasteiger charge is -2.19. The van der Waals surface area contributed by atoms with E-state index in [1.54, 1.807) is 12.3 Å². The number of nitrogens with one attached hydrogen (secondary N) is 1. The summed E-state index contributed by atoms with van der Waals surface area (Å²) in [5.41, 5.74) is 1.40. The SMILES string of the molecule is CCC(C)C(NC(=O)c1csc(Cc2ccccc2)n1)C(=O)O. The van der Waals surface area contributed by atoms with Gasteiger partial charge in [0.25, 0.3) is 5.91 Å². The maximum atomic E-state index is 12.2. The minimum Gasteiger partial charge on any atom is -0.480 e. The van der Waals surface area contributed by atoms with Gasteiger partial charge in [0.15, 0.2) is 0 Å². The van der Waals surface area contributed by atoms with Crippen molar-refractivity contribution in [3.63, 3.8) is 0 Å². The van der Waals surface area contributed by atoms with E-state index in [0.717, 1.165) is 10.6 Å². The van der Waals surface area contributed by atoms with Crippen molar-refractivity contribution in [3.05, 3.63) is 52.0 Å². The van der Waals surface area contributed by atoms with Gasteiger partial charge in [0.2, 0.25) is 0 Å². The van der Waals surface area contributed by atoms with Gasteiger partial charge in [-0.2, -0.15) is 0 Å². The third kappa shape index (κ3) is 4.63. The normalized spacial score (nSPS) is 13.3. The van der Waals surface area contributed by atoms with Crippen LogP contribution < -0.4 is 5.32 Å². The Hall–Kier alpha value is -2.21. The van der Waals surface area contributed by atoms with Crippen LogP contribution in [0.25, 0.3) is 0 Å². The zero-order valence-corrected chi connectivity index (χ0v) is 14.0. The maximum absolute atomic E-state index is 12.2. The zero-order valence-electron chi connectivity index (χ0n) is 13.2. The number of carboxylic acids is 1. The number of amides is 1. The summed E-state index contributed by atoms with van der Waals surface area (Å²) >= 11 is 1.40. The molecule has 0 saturated carbocycles. The molecule has 6 heteroatoms. The summed E-state index contributed by atoms with van der Waals surface area (Å²) < 4.78 is 0. The van der Waals surface area contributed by atoms with Gasteiger partial charge in [0.05, 0.1) is 5.01 Å². The van der Waals surface area contributed by atoms with E-state index < -0.39 is 17.9 Å². The van der Waals surface area contributed by atoms with Crippen molar-refractivity contribution in [3.8, 4) is 0 Å². The molecule has 5 nitrogen and oxygen atoms in total. The topological polar surface area (TPSA) is 79.3 Å². The van der Waals surface area contributed by atoms with Gasteiger partial charge >= 0.3 is 5.97 Å². The maximum Gasteiger partial charge on any atom is 0.326 e. The zero-order chi connectivity index (χ0) is 16.8. The van der Waals surface area contributed by atoms with Crippen LogP contribution in [0.2, 0.25) is 0 Å². The van der Waals surface area contributed by atoms with Gasteiger partial charge in [0, 0.05) is 11.8 Å². The second-order valence-corrected chi connectivity index (χ2v) is 6.41. The van der Waals surface area contributed by atoms with Crippen LogP contribution in [0.3, 0.4) is 0 Å². The lowest BCUT2D eigenvalue weighted by Crippen LogP contribution is -2.45. The van der Waals surface area contributed by atoms with Gasteiger partial charge in [-0.05, 0) is 11.5 Å². The molecular formula is C17H20N2O3S. The molecule has 0 aliphatic carbocycles. The molecular weight excluding hydrogens is 312 g/mol. The van der Waals surface area contributed by atoms with Crippen LogP contribution in [-0.4, -0.2) is 28.0 Å². The summed E-state index contributed by atoms with van der Waals surface area (Å²) in [6.45, 7) is 3.70. The van der Waals surface area contributed by atoms with Crippen LogP contribution >= 0.6 is 11.3 Å². The van der Waals surface area contributed by atoms with Gasteiger partial charge in [-0.25, -0.2) is 9.78 Å². The van der Waals surface area contributed by atoms with Crippen LogP contribution in [0.5, 0.6) is 0 Å². The Bertz CT molecular complexity index is 669. The number of benzene rings is 1. The Morgan fingerprint density at radius 1 is 1.30 bits per heavy atom. The van der Waals surface area contributed by atoms with Gasteiger partial charge in [0.1, 0.15) is 11.7 Å². The molecule has 1 heterocycles. The molecule has 1 aromatic heterocycles. The van der Waals surface area contributed by atoms with Crippen LogP contribution in [0.4, 0.5) is 0 Å². The summed E-state index contributed by atoms with van der Waals surface area (Å²) in [4.78, 5) is 27.8. The Morgan fingerprint density at radius 3 is 2.61 bits per heavy atom. The molecule has 0 spiro atoms. The standard InChI is InChI=1S/C17H20N2O3S/c1-3-11(2)15(17(21)22)19-16(20)13-10-23-14(18-13)9-12-7-5-4-6-8-12/h4-8,10-11,15H,3,9H2,1-2H3,(H,19,20)(H,21,22). The quantitative estimate of drug-likeness (QED) is 0.817. The molecule has 122 valence electrons. The summed E-state index contributed by atoms with van der Waals surface area (Å²) in [7, 11) is 0. The molecule has 2 N–H and O–H groups in total. The van der Waals surface area contributed by atoms with Crippen molar-refractivity contribution in [2.45, 2.75) is 32.7 Å². The smallest absolute Gasteiger partial charge is 0.326 e. The average molecular weight is 332 g/mol. The monoisotopic (exact) mass is 332 g/mol. The number of hydrogen-bond donors (Lipinski definition) is 2. The second-order valence-electron chi connectivity index (χ2n) is 5.46. The van der Waals surface area contributed by atoms with Crippen molar-refractivity contribution < 1.29 is 14.7 Å². The van der Waals surface area contributed by atoms with E-state index in [1.807, 2.05) is 37.3 Å². The number of carboxylic acid groups (broad SMARTS) is 1. The fraction of sp³-hybridized carbons (Fsp3) is 0.353. The highest BCUT2D eigenvalue weighted by Crippen LogP contribution is 2.16. The first-order valence-electron chi connectivity index (χ1n) is 7.53. The predicted molar refractivity (Wildman–Crippen MR) is 89.7 cm³/mol. The fourth-order valence-electron chi connectivity index (χ4n) is 2.17. The lowest BCUT2D eigenvalue weighted by atomic mass is 9.99. The summed E-state index contributed by atoms with van der Waals surface area (Å²) in [6, 6.07) is 8.98. The number of carbonyl (C=O) groups is 2. The van der Waals surface area contributed by atoms with Crippen molar-refractivity contribution in [2.24, 2.45) is 5.92 Å². The first-order valence-corrected chi connectivity index (χ1v) is 8.41. The highest BCUT2D eigenvalue weighted by atomic mass is 32.1. The number of carbonyl (C=O) groups excluding carboxylic acids is 1. The Kier molecular flexibility index (Phi) is 5.87. The van der Waals surface area contributed by atoms with Gasteiger partial charge in [-0.15, -0.1) is 11.3 Å². The third-order valence-corrected chi connectivity index (χ3v) is 4.60. The molecule has 0 saturated heterocycles. The van der Waals surface area contributed by atoms with E-state index in [1.165, 1.54) is 11.3 Å². The van der Waals surface area contributed by atoms with E-state index in [2.05, 4.69) is 10.3 Å². The van der Waals surface area contributed by atoms with Crippen LogP contribution in [-0.2, 0) is 11.2 Å². The minimum atomic E-state index is -1.02. The molecule has 0 radical (unpaired) electrons. The second kappa shape index (κ2) is 7.87. The molecule has 0 aliphatic rings.